The zero-order valence-corrected chi connectivity index (χ0v) is 10.9. The zero-order chi connectivity index (χ0) is 11.0. The first-order valence-corrected chi connectivity index (χ1v) is 6.15. The number of carbonyl (C=O) groups excluding carboxylic acids is 1. The molecule has 0 spiro atoms. The van der Waals surface area contributed by atoms with E-state index in [1.54, 1.807) is 6.92 Å². The lowest BCUT2D eigenvalue weighted by molar-refractivity contribution is -0.142. The van der Waals surface area contributed by atoms with E-state index in [-0.39, 0.29) is 12.4 Å². The monoisotopic (exact) mass is 279 g/mol. The summed E-state index contributed by atoms with van der Waals surface area (Å²) < 4.78 is 5.56. The first kappa shape index (κ1) is 13.6. The minimum Gasteiger partial charge on any atom is -0.466 e. The predicted molar refractivity (Wildman–Crippen MR) is 61.5 cm³/mol. The van der Waals surface area contributed by atoms with E-state index in [0.29, 0.717) is 6.61 Å². The molecule has 0 saturated heterocycles. The minimum atomic E-state index is -0.227. The number of esters is 1. The first-order chi connectivity index (χ1) is 6.72. The smallest absolute Gasteiger partial charge is 0.311 e. The summed E-state index contributed by atoms with van der Waals surface area (Å²) in [6.07, 6.45) is 0.260. The standard InChI is InChI=1S/C7H8BrNO2S.C2H6/c1-2-11-6(10)3-5-4-12-7(8)9-5;1-2/h4H,2-3H2,1H3;1-2H3. The fourth-order valence-corrected chi connectivity index (χ4v) is 1.77. The van der Waals surface area contributed by atoms with Gasteiger partial charge in [-0.25, -0.2) is 4.98 Å². The van der Waals surface area contributed by atoms with Crippen molar-refractivity contribution in [2.75, 3.05) is 6.61 Å². The topological polar surface area (TPSA) is 39.2 Å². The molecule has 0 aliphatic heterocycles. The summed E-state index contributed by atoms with van der Waals surface area (Å²) in [5.41, 5.74) is 0.755. The van der Waals surface area contributed by atoms with Gasteiger partial charge in [-0.15, -0.1) is 11.3 Å². The molecule has 5 heteroatoms. The van der Waals surface area contributed by atoms with Gasteiger partial charge < -0.3 is 4.74 Å². The Morgan fingerprint density at radius 3 is 2.71 bits per heavy atom. The molecule has 1 heterocycles. The van der Waals surface area contributed by atoms with E-state index in [1.807, 2.05) is 19.2 Å². The molecule has 80 valence electrons. The number of ether oxygens (including phenoxy) is 1. The summed E-state index contributed by atoms with van der Waals surface area (Å²) in [5.74, 6) is -0.227. The Morgan fingerprint density at radius 1 is 1.64 bits per heavy atom. The van der Waals surface area contributed by atoms with Crippen LogP contribution in [0.4, 0.5) is 0 Å². The van der Waals surface area contributed by atoms with Gasteiger partial charge in [0, 0.05) is 5.38 Å². The van der Waals surface area contributed by atoms with Gasteiger partial charge in [-0.3, -0.25) is 4.79 Å². The third-order valence-electron chi connectivity index (χ3n) is 1.15. The number of halogens is 1. The van der Waals surface area contributed by atoms with Crippen molar-refractivity contribution >= 4 is 33.2 Å². The summed E-state index contributed by atoms with van der Waals surface area (Å²) in [6.45, 7) is 6.21. The molecule has 14 heavy (non-hydrogen) atoms. The number of rotatable bonds is 3. The summed E-state index contributed by atoms with van der Waals surface area (Å²) in [4.78, 5) is 15.0. The highest BCUT2D eigenvalue weighted by Gasteiger charge is 2.06. The van der Waals surface area contributed by atoms with Gasteiger partial charge >= 0.3 is 5.97 Å². The fraction of sp³-hybridized carbons (Fsp3) is 0.556. The number of hydrogen-bond donors (Lipinski definition) is 0. The molecule has 3 nitrogen and oxygen atoms in total. The number of hydrogen-bond acceptors (Lipinski definition) is 4. The molecule has 1 aromatic heterocycles. The molecule has 1 aromatic rings. The summed E-state index contributed by atoms with van der Waals surface area (Å²) in [6, 6.07) is 0. The Labute approximate surface area is 96.6 Å². The van der Waals surface area contributed by atoms with Gasteiger partial charge in [-0.05, 0) is 22.9 Å². The van der Waals surface area contributed by atoms with Crippen LogP contribution in [-0.2, 0) is 16.0 Å². The van der Waals surface area contributed by atoms with Crippen LogP contribution in [0, 0.1) is 0 Å². The van der Waals surface area contributed by atoms with Crippen LogP contribution in [0.5, 0.6) is 0 Å². The van der Waals surface area contributed by atoms with Crippen molar-refractivity contribution in [3.63, 3.8) is 0 Å². The maximum absolute atomic E-state index is 10.9. The highest BCUT2D eigenvalue weighted by atomic mass is 79.9. The van der Waals surface area contributed by atoms with Crippen LogP contribution in [-0.4, -0.2) is 17.6 Å². The van der Waals surface area contributed by atoms with Crippen molar-refractivity contribution in [2.45, 2.75) is 27.2 Å². The molecule has 0 amide bonds. The molecule has 0 aromatic carbocycles. The molecule has 1 rings (SSSR count). The molecule has 0 bridgehead atoms. The van der Waals surface area contributed by atoms with Crippen molar-refractivity contribution in [3.05, 3.63) is 15.0 Å². The summed E-state index contributed by atoms with van der Waals surface area (Å²) in [5, 5.41) is 1.83. The van der Waals surface area contributed by atoms with Gasteiger partial charge in [0.05, 0.1) is 18.7 Å². The van der Waals surface area contributed by atoms with Crippen LogP contribution >= 0.6 is 27.3 Å². The average Bonchev–Trinajstić information content (AvgIpc) is 2.55. The second-order valence-corrected chi connectivity index (χ2v) is 4.21. The molecule has 0 aliphatic carbocycles. The molecule has 0 atom stereocenters. The molecule has 0 fully saturated rings. The van der Waals surface area contributed by atoms with Gasteiger partial charge in [-0.2, -0.15) is 0 Å². The van der Waals surface area contributed by atoms with Gasteiger partial charge in [0.25, 0.3) is 0 Å². The second-order valence-electron chi connectivity index (χ2n) is 2.07. The van der Waals surface area contributed by atoms with Gasteiger partial charge in [-0.1, -0.05) is 13.8 Å². The Balaban J connectivity index is 0.000000791. The Hall–Kier alpha value is -0.420. The Bertz CT molecular complexity index is 276. The molecule has 0 radical (unpaired) electrons. The van der Waals surface area contributed by atoms with E-state index in [2.05, 4.69) is 20.9 Å². The third kappa shape index (κ3) is 5.34. The van der Waals surface area contributed by atoms with Crippen molar-refractivity contribution in [2.24, 2.45) is 0 Å². The van der Waals surface area contributed by atoms with Crippen LogP contribution < -0.4 is 0 Å². The predicted octanol–water partition coefficient (Wildman–Crippen LogP) is 3.04. The third-order valence-corrected chi connectivity index (χ3v) is 2.57. The molecule has 0 aliphatic rings. The molecule has 0 saturated carbocycles. The number of nitrogens with zero attached hydrogens (tertiary/aromatic N) is 1. The summed E-state index contributed by atoms with van der Waals surface area (Å²) in [7, 11) is 0. The number of thiazole rings is 1. The largest absolute Gasteiger partial charge is 0.466 e. The van der Waals surface area contributed by atoms with E-state index < -0.39 is 0 Å². The van der Waals surface area contributed by atoms with Gasteiger partial charge in [0.1, 0.15) is 0 Å². The highest BCUT2D eigenvalue weighted by molar-refractivity contribution is 9.11. The van der Waals surface area contributed by atoms with E-state index in [1.165, 1.54) is 11.3 Å². The van der Waals surface area contributed by atoms with Crippen LogP contribution in [0.2, 0.25) is 0 Å². The minimum absolute atomic E-state index is 0.227. The van der Waals surface area contributed by atoms with Crippen LogP contribution in [0.3, 0.4) is 0 Å². The molecular weight excluding hydrogens is 266 g/mol. The van der Waals surface area contributed by atoms with Crippen LogP contribution in [0.1, 0.15) is 26.5 Å². The number of aromatic nitrogens is 1. The molecule has 0 N–H and O–H groups in total. The van der Waals surface area contributed by atoms with E-state index in [4.69, 9.17) is 4.74 Å². The maximum Gasteiger partial charge on any atom is 0.311 e. The van der Waals surface area contributed by atoms with Gasteiger partial charge in [0.15, 0.2) is 3.92 Å². The SMILES string of the molecule is CC.CCOC(=O)Cc1csc(Br)n1. The molecule has 0 unspecified atom stereocenters. The van der Waals surface area contributed by atoms with Crippen molar-refractivity contribution in [1.82, 2.24) is 4.98 Å². The van der Waals surface area contributed by atoms with Crippen molar-refractivity contribution < 1.29 is 9.53 Å². The van der Waals surface area contributed by atoms with E-state index >= 15 is 0 Å². The Kier molecular flexibility index (Phi) is 7.70. The Morgan fingerprint density at radius 2 is 2.29 bits per heavy atom. The van der Waals surface area contributed by atoms with Crippen LogP contribution in [0.25, 0.3) is 0 Å². The average molecular weight is 280 g/mol. The second kappa shape index (κ2) is 7.94. The van der Waals surface area contributed by atoms with Crippen LogP contribution in [0.15, 0.2) is 9.30 Å². The number of carbonyl (C=O) groups is 1. The lowest BCUT2D eigenvalue weighted by atomic mass is 10.3. The summed E-state index contributed by atoms with van der Waals surface area (Å²) >= 11 is 4.68. The molecular formula is C9H14BrNO2S. The lowest BCUT2D eigenvalue weighted by Gasteiger charge is -1.97. The van der Waals surface area contributed by atoms with E-state index in [9.17, 15) is 4.79 Å². The quantitative estimate of drug-likeness (QED) is 0.799. The first-order valence-electron chi connectivity index (χ1n) is 4.48. The van der Waals surface area contributed by atoms with Crippen molar-refractivity contribution in [1.29, 1.82) is 0 Å². The van der Waals surface area contributed by atoms with Gasteiger partial charge in [0.2, 0.25) is 0 Å². The normalized spacial score (nSPS) is 8.86. The zero-order valence-electron chi connectivity index (χ0n) is 8.54. The maximum atomic E-state index is 10.9. The highest BCUT2D eigenvalue weighted by Crippen LogP contribution is 2.16. The van der Waals surface area contributed by atoms with E-state index in [0.717, 1.165) is 9.61 Å². The van der Waals surface area contributed by atoms with Crippen molar-refractivity contribution in [3.8, 4) is 0 Å². The lowest BCUT2D eigenvalue weighted by Crippen LogP contribution is -2.07. The fourth-order valence-electron chi connectivity index (χ4n) is 0.723.